The van der Waals surface area contributed by atoms with Gasteiger partial charge in [-0.25, -0.2) is 10.2 Å². The van der Waals surface area contributed by atoms with Crippen molar-refractivity contribution in [2.24, 2.45) is 10.8 Å². The van der Waals surface area contributed by atoms with E-state index in [0.717, 1.165) is 17.7 Å². The van der Waals surface area contributed by atoms with Crippen molar-refractivity contribution in [2.75, 3.05) is 0 Å². The van der Waals surface area contributed by atoms with E-state index in [-0.39, 0.29) is 5.41 Å². The molecule has 4 heteroatoms. The fraction of sp³-hybridized carbons (Fsp3) is 0.333. The molecule has 0 aliphatic heterocycles. The van der Waals surface area contributed by atoms with Gasteiger partial charge in [-0.3, -0.25) is 0 Å². The van der Waals surface area contributed by atoms with Crippen LogP contribution in [0, 0.1) is 0 Å². The topological polar surface area (TPSA) is 67.5 Å². The molecule has 0 unspecified atom stereocenters. The Labute approximate surface area is 94.5 Å². The van der Waals surface area contributed by atoms with E-state index in [1.54, 1.807) is 0 Å². The second-order valence-corrected chi connectivity index (χ2v) is 4.64. The fourth-order valence-corrected chi connectivity index (χ4v) is 2.16. The van der Waals surface area contributed by atoms with Gasteiger partial charge in [0.15, 0.2) is 0 Å². The zero-order valence-corrected chi connectivity index (χ0v) is 9.45. The predicted octanol–water partition coefficient (Wildman–Crippen LogP) is 1.74. The second kappa shape index (κ2) is 3.63. The SMILES string of the molecule is CC1(C)CC(=NNC(N)=O)c2ccccc21. The van der Waals surface area contributed by atoms with Crippen molar-refractivity contribution < 1.29 is 4.79 Å². The summed E-state index contributed by atoms with van der Waals surface area (Å²) >= 11 is 0. The lowest BCUT2D eigenvalue weighted by atomic mass is 9.87. The molecule has 0 atom stereocenters. The van der Waals surface area contributed by atoms with Crippen LogP contribution in [-0.2, 0) is 5.41 Å². The van der Waals surface area contributed by atoms with Crippen molar-refractivity contribution in [1.82, 2.24) is 5.43 Å². The number of nitrogens with zero attached hydrogens (tertiary/aromatic N) is 1. The lowest BCUT2D eigenvalue weighted by molar-refractivity contribution is 0.249. The monoisotopic (exact) mass is 217 g/mol. The van der Waals surface area contributed by atoms with Crippen LogP contribution >= 0.6 is 0 Å². The van der Waals surface area contributed by atoms with Gasteiger partial charge >= 0.3 is 6.03 Å². The van der Waals surface area contributed by atoms with Gasteiger partial charge in [0.05, 0.1) is 5.71 Å². The molecule has 0 saturated carbocycles. The first-order valence-electron chi connectivity index (χ1n) is 5.22. The molecule has 0 bridgehead atoms. The Morgan fingerprint density at radius 2 is 2.12 bits per heavy atom. The van der Waals surface area contributed by atoms with Crippen molar-refractivity contribution in [2.45, 2.75) is 25.7 Å². The van der Waals surface area contributed by atoms with Crippen LogP contribution in [0.25, 0.3) is 0 Å². The number of fused-ring (bicyclic) bond motifs is 1. The number of primary amides is 1. The number of hydrazone groups is 1. The Morgan fingerprint density at radius 3 is 2.81 bits per heavy atom. The summed E-state index contributed by atoms with van der Waals surface area (Å²) in [6, 6.07) is 7.48. The molecule has 0 aromatic heterocycles. The molecule has 0 spiro atoms. The Bertz CT molecular complexity index is 463. The highest BCUT2D eigenvalue weighted by molar-refractivity contribution is 6.06. The summed E-state index contributed by atoms with van der Waals surface area (Å²) in [6.07, 6.45) is 0.812. The molecule has 1 aliphatic rings. The molecule has 84 valence electrons. The van der Waals surface area contributed by atoms with Gasteiger partial charge in [0.25, 0.3) is 0 Å². The molecule has 1 aromatic rings. The number of carbonyl (C=O) groups is 1. The summed E-state index contributed by atoms with van der Waals surface area (Å²) in [4.78, 5) is 10.6. The first kappa shape index (κ1) is 10.7. The summed E-state index contributed by atoms with van der Waals surface area (Å²) in [5, 5.41) is 4.05. The normalized spacial score (nSPS) is 19.5. The highest BCUT2D eigenvalue weighted by Crippen LogP contribution is 2.38. The van der Waals surface area contributed by atoms with E-state index in [1.807, 2.05) is 18.2 Å². The summed E-state index contributed by atoms with van der Waals surface area (Å²) in [7, 11) is 0. The molecule has 16 heavy (non-hydrogen) atoms. The third-order valence-corrected chi connectivity index (χ3v) is 2.88. The molecule has 4 nitrogen and oxygen atoms in total. The average molecular weight is 217 g/mol. The molecule has 0 radical (unpaired) electrons. The molecule has 0 heterocycles. The van der Waals surface area contributed by atoms with E-state index in [9.17, 15) is 4.79 Å². The number of rotatable bonds is 1. The van der Waals surface area contributed by atoms with E-state index >= 15 is 0 Å². The Balaban J connectivity index is 2.40. The minimum atomic E-state index is -0.630. The first-order valence-corrected chi connectivity index (χ1v) is 5.22. The van der Waals surface area contributed by atoms with Gasteiger partial charge in [-0.2, -0.15) is 5.10 Å². The second-order valence-electron chi connectivity index (χ2n) is 4.64. The van der Waals surface area contributed by atoms with Gasteiger partial charge < -0.3 is 5.73 Å². The molecule has 0 saturated heterocycles. The van der Waals surface area contributed by atoms with Crippen molar-refractivity contribution in [3.63, 3.8) is 0 Å². The van der Waals surface area contributed by atoms with Crippen LogP contribution in [0.1, 0.15) is 31.4 Å². The molecular weight excluding hydrogens is 202 g/mol. The summed E-state index contributed by atoms with van der Waals surface area (Å²) < 4.78 is 0. The largest absolute Gasteiger partial charge is 0.350 e. The number of nitrogens with one attached hydrogen (secondary N) is 1. The maximum atomic E-state index is 10.6. The molecule has 2 amide bonds. The Morgan fingerprint density at radius 1 is 1.44 bits per heavy atom. The van der Waals surface area contributed by atoms with Crippen LogP contribution in [0.4, 0.5) is 4.79 Å². The third-order valence-electron chi connectivity index (χ3n) is 2.88. The van der Waals surface area contributed by atoms with Crippen molar-refractivity contribution in [3.05, 3.63) is 35.4 Å². The molecule has 1 aliphatic carbocycles. The van der Waals surface area contributed by atoms with E-state index in [1.165, 1.54) is 5.56 Å². The number of carbonyl (C=O) groups excluding carboxylic acids is 1. The molecular formula is C12H15N3O. The van der Waals surface area contributed by atoms with Crippen molar-refractivity contribution in [1.29, 1.82) is 0 Å². The van der Waals surface area contributed by atoms with E-state index < -0.39 is 6.03 Å². The molecule has 0 fully saturated rings. The van der Waals surface area contributed by atoms with Crippen LogP contribution in [0.15, 0.2) is 29.4 Å². The summed E-state index contributed by atoms with van der Waals surface area (Å²) in [6.45, 7) is 4.33. The third kappa shape index (κ3) is 1.78. The van der Waals surface area contributed by atoms with Crippen LogP contribution in [0.3, 0.4) is 0 Å². The lowest BCUT2D eigenvalue weighted by Crippen LogP contribution is -2.26. The number of hydrogen-bond donors (Lipinski definition) is 2. The van der Waals surface area contributed by atoms with Crippen molar-refractivity contribution in [3.8, 4) is 0 Å². The van der Waals surface area contributed by atoms with Gasteiger partial charge in [-0.05, 0) is 11.0 Å². The molecule has 3 N–H and O–H groups in total. The number of hydrogen-bond acceptors (Lipinski definition) is 2. The summed E-state index contributed by atoms with van der Waals surface area (Å²) in [5.74, 6) is 0. The van der Waals surface area contributed by atoms with Crippen LogP contribution < -0.4 is 11.2 Å². The van der Waals surface area contributed by atoms with Gasteiger partial charge in [0.1, 0.15) is 0 Å². The van der Waals surface area contributed by atoms with Crippen LogP contribution in [0.2, 0.25) is 0 Å². The number of benzene rings is 1. The molecule has 2 rings (SSSR count). The standard InChI is InChI=1S/C12H15N3O/c1-12(2)7-10(14-15-11(13)16)8-5-3-4-6-9(8)12/h3-6H,7H2,1-2H3,(H3,13,15,16). The zero-order valence-electron chi connectivity index (χ0n) is 9.45. The average Bonchev–Trinajstić information content (AvgIpc) is 2.49. The maximum Gasteiger partial charge on any atom is 0.332 e. The van der Waals surface area contributed by atoms with Gasteiger partial charge in [-0.15, -0.1) is 0 Å². The number of amides is 2. The van der Waals surface area contributed by atoms with Crippen LogP contribution in [-0.4, -0.2) is 11.7 Å². The molecule has 1 aromatic carbocycles. The quantitative estimate of drug-likeness (QED) is 0.691. The van der Waals surface area contributed by atoms with E-state index in [4.69, 9.17) is 5.73 Å². The Hall–Kier alpha value is -1.84. The minimum Gasteiger partial charge on any atom is -0.350 e. The minimum absolute atomic E-state index is 0.0642. The number of urea groups is 1. The van der Waals surface area contributed by atoms with E-state index in [2.05, 4.69) is 30.4 Å². The Kier molecular flexibility index (Phi) is 2.42. The van der Waals surface area contributed by atoms with Gasteiger partial charge in [0, 0.05) is 12.0 Å². The smallest absolute Gasteiger partial charge is 0.332 e. The lowest BCUT2D eigenvalue weighted by Gasteiger charge is -2.17. The predicted molar refractivity (Wildman–Crippen MR) is 63.3 cm³/mol. The summed E-state index contributed by atoms with van der Waals surface area (Å²) in [5.41, 5.74) is 10.6. The van der Waals surface area contributed by atoms with Gasteiger partial charge in [0.2, 0.25) is 0 Å². The van der Waals surface area contributed by atoms with E-state index in [0.29, 0.717) is 0 Å². The highest BCUT2D eigenvalue weighted by Gasteiger charge is 2.33. The fourth-order valence-electron chi connectivity index (χ4n) is 2.16. The van der Waals surface area contributed by atoms with Gasteiger partial charge in [-0.1, -0.05) is 38.1 Å². The number of nitrogens with two attached hydrogens (primary N) is 1. The zero-order chi connectivity index (χ0) is 11.8. The first-order chi connectivity index (χ1) is 7.50. The highest BCUT2D eigenvalue weighted by atomic mass is 16.2. The van der Waals surface area contributed by atoms with Crippen LogP contribution in [0.5, 0.6) is 0 Å². The van der Waals surface area contributed by atoms with Crippen molar-refractivity contribution >= 4 is 11.7 Å². The maximum absolute atomic E-state index is 10.6.